The molecule has 2 aliphatic heterocycles. The highest BCUT2D eigenvalue weighted by Gasteiger charge is 2.55. The van der Waals surface area contributed by atoms with E-state index >= 15 is 4.39 Å². The van der Waals surface area contributed by atoms with Gasteiger partial charge in [0.15, 0.2) is 0 Å². The fourth-order valence-corrected chi connectivity index (χ4v) is 6.55. The number of carbonyl (C=O) groups excluding carboxylic acids is 1. The second-order valence-electron chi connectivity index (χ2n) is 10.4. The number of hydrogen-bond donors (Lipinski definition) is 0. The Morgan fingerprint density at radius 1 is 1.14 bits per heavy atom. The van der Waals surface area contributed by atoms with Gasteiger partial charge >= 0.3 is 0 Å². The molecule has 3 aliphatic rings. The van der Waals surface area contributed by atoms with Crippen LogP contribution in [0.15, 0.2) is 48.7 Å². The largest absolute Gasteiger partial charge is 0.307 e. The summed E-state index contributed by atoms with van der Waals surface area (Å²) in [5.41, 5.74) is 4.74. The first kappa shape index (κ1) is 22.5. The number of fused-ring (bicyclic) bond motifs is 2. The Hall–Kier alpha value is -2.99. The quantitative estimate of drug-likeness (QED) is 0.496. The molecule has 35 heavy (non-hydrogen) atoms. The van der Waals surface area contributed by atoms with E-state index in [2.05, 4.69) is 16.1 Å². The normalized spacial score (nSPS) is 22.6. The Labute approximate surface area is 206 Å². The Kier molecular flexibility index (Phi) is 5.52. The molecule has 0 N–H and O–H groups in total. The lowest BCUT2D eigenvalue weighted by Crippen LogP contribution is -2.43. The third kappa shape index (κ3) is 3.61. The molecule has 1 aromatic heterocycles. The van der Waals surface area contributed by atoms with Gasteiger partial charge in [-0.15, -0.1) is 0 Å². The van der Waals surface area contributed by atoms with E-state index < -0.39 is 5.41 Å². The van der Waals surface area contributed by atoms with Crippen LogP contribution in [0.1, 0.15) is 55.8 Å². The molecule has 0 radical (unpaired) electrons. The van der Waals surface area contributed by atoms with Gasteiger partial charge in [0.05, 0.1) is 17.7 Å². The smallest absolute Gasteiger partial charge is 0.239 e. The topological polar surface area (TPSA) is 41.4 Å². The Bertz CT molecular complexity index is 1280. The van der Waals surface area contributed by atoms with Crippen LogP contribution in [0.3, 0.4) is 0 Å². The fraction of sp³-hybridized carbons (Fsp3) is 0.448. The van der Waals surface area contributed by atoms with Crippen molar-refractivity contribution in [3.63, 3.8) is 0 Å². The highest BCUT2D eigenvalue weighted by molar-refractivity contribution is 6.08. The average molecular weight is 473 g/mol. The summed E-state index contributed by atoms with van der Waals surface area (Å²) in [7, 11) is 0. The Morgan fingerprint density at radius 3 is 2.69 bits per heavy atom. The molecule has 1 spiro atoms. The maximum absolute atomic E-state index is 15.4. The van der Waals surface area contributed by atoms with Crippen LogP contribution >= 0.6 is 0 Å². The molecule has 182 valence electrons. The zero-order valence-electron chi connectivity index (χ0n) is 20.6. The number of rotatable bonds is 5. The van der Waals surface area contributed by atoms with Gasteiger partial charge in [-0.2, -0.15) is 5.10 Å². The van der Waals surface area contributed by atoms with Gasteiger partial charge in [0.2, 0.25) is 5.91 Å². The van der Waals surface area contributed by atoms with Gasteiger partial charge in [0.25, 0.3) is 0 Å². The summed E-state index contributed by atoms with van der Waals surface area (Å²) in [6.45, 7) is 6.76. The number of aryl methyl sites for hydroxylation is 2. The number of anilines is 1. The lowest BCUT2D eigenvalue weighted by Gasteiger charge is -2.27. The van der Waals surface area contributed by atoms with E-state index in [9.17, 15) is 4.79 Å². The third-order valence-electron chi connectivity index (χ3n) is 8.47. The molecule has 3 aromatic rings. The molecule has 1 amide bonds. The van der Waals surface area contributed by atoms with E-state index in [1.807, 2.05) is 60.0 Å². The zero-order valence-corrected chi connectivity index (χ0v) is 20.6. The van der Waals surface area contributed by atoms with E-state index in [0.29, 0.717) is 11.6 Å². The number of benzene rings is 2. The van der Waals surface area contributed by atoms with Crippen LogP contribution in [-0.4, -0.2) is 39.7 Å². The molecule has 6 rings (SSSR count). The molecule has 5 nitrogen and oxygen atoms in total. The van der Waals surface area contributed by atoms with Crippen LogP contribution in [0.4, 0.5) is 10.1 Å². The maximum atomic E-state index is 15.4. The van der Waals surface area contributed by atoms with Gasteiger partial charge in [0, 0.05) is 42.1 Å². The minimum Gasteiger partial charge on any atom is -0.307 e. The molecule has 1 aliphatic carbocycles. The van der Waals surface area contributed by atoms with E-state index in [1.165, 1.54) is 25.7 Å². The third-order valence-corrected chi connectivity index (χ3v) is 8.47. The molecular weight excluding hydrogens is 439 g/mol. The van der Waals surface area contributed by atoms with Crippen molar-refractivity contribution in [3.05, 3.63) is 71.3 Å². The molecule has 1 atom stereocenters. The molecule has 6 heteroatoms. The van der Waals surface area contributed by atoms with Crippen molar-refractivity contribution in [2.75, 3.05) is 18.0 Å². The summed E-state index contributed by atoms with van der Waals surface area (Å²) in [6.07, 6.45) is 7.87. The van der Waals surface area contributed by atoms with Crippen molar-refractivity contribution in [2.24, 2.45) is 0 Å². The maximum Gasteiger partial charge on any atom is 0.239 e. The highest BCUT2D eigenvalue weighted by Crippen LogP contribution is 2.49. The molecule has 2 fully saturated rings. The number of carbonyl (C=O) groups is 1. The summed E-state index contributed by atoms with van der Waals surface area (Å²) in [5.74, 6) is -0.154. The van der Waals surface area contributed by atoms with Crippen molar-refractivity contribution in [1.82, 2.24) is 14.7 Å². The molecule has 1 unspecified atom stereocenters. The molecule has 3 heterocycles. The Morgan fingerprint density at radius 2 is 1.94 bits per heavy atom. The summed E-state index contributed by atoms with van der Waals surface area (Å²) in [5, 5.41) is 4.49. The van der Waals surface area contributed by atoms with Crippen LogP contribution in [-0.2, 0) is 23.3 Å². The van der Waals surface area contributed by atoms with Crippen LogP contribution in [0.2, 0.25) is 0 Å². The van der Waals surface area contributed by atoms with E-state index in [0.717, 1.165) is 54.1 Å². The van der Waals surface area contributed by atoms with Crippen molar-refractivity contribution in [3.8, 4) is 11.1 Å². The second-order valence-corrected chi connectivity index (χ2v) is 10.4. The monoisotopic (exact) mass is 472 g/mol. The number of hydrogen-bond acceptors (Lipinski definition) is 3. The van der Waals surface area contributed by atoms with Crippen molar-refractivity contribution in [2.45, 2.75) is 70.5 Å². The van der Waals surface area contributed by atoms with Crippen LogP contribution in [0.25, 0.3) is 11.1 Å². The summed E-state index contributed by atoms with van der Waals surface area (Å²) in [4.78, 5) is 18.4. The summed E-state index contributed by atoms with van der Waals surface area (Å²) < 4.78 is 17.2. The van der Waals surface area contributed by atoms with Crippen LogP contribution in [0, 0.1) is 12.7 Å². The second kappa shape index (κ2) is 8.59. The Balaban J connectivity index is 1.29. The van der Waals surface area contributed by atoms with Crippen molar-refractivity contribution in [1.29, 1.82) is 0 Å². The van der Waals surface area contributed by atoms with Crippen molar-refractivity contribution >= 4 is 11.6 Å². The van der Waals surface area contributed by atoms with Gasteiger partial charge in [-0.25, -0.2) is 4.39 Å². The van der Waals surface area contributed by atoms with E-state index in [-0.39, 0.29) is 18.3 Å². The molecule has 1 saturated carbocycles. The fourth-order valence-electron chi connectivity index (χ4n) is 6.55. The van der Waals surface area contributed by atoms with Crippen LogP contribution < -0.4 is 4.90 Å². The van der Waals surface area contributed by atoms with E-state index in [1.54, 1.807) is 6.07 Å². The lowest BCUT2D eigenvalue weighted by atomic mass is 9.81. The van der Waals surface area contributed by atoms with Gasteiger partial charge in [0.1, 0.15) is 5.82 Å². The molecule has 0 bridgehead atoms. The highest BCUT2D eigenvalue weighted by atomic mass is 19.1. The van der Waals surface area contributed by atoms with Gasteiger partial charge in [-0.1, -0.05) is 43.2 Å². The predicted octanol–water partition coefficient (Wildman–Crippen LogP) is 5.45. The van der Waals surface area contributed by atoms with Crippen molar-refractivity contribution < 1.29 is 9.18 Å². The predicted molar refractivity (Wildman–Crippen MR) is 136 cm³/mol. The number of likely N-dealkylation sites (tertiary alicyclic amines) is 1. The average Bonchev–Trinajstić information content (AvgIpc) is 3.65. The zero-order chi connectivity index (χ0) is 24.2. The van der Waals surface area contributed by atoms with E-state index in [4.69, 9.17) is 0 Å². The number of para-hydroxylation sites is 1. The van der Waals surface area contributed by atoms with Gasteiger partial charge in [-0.3, -0.25) is 14.4 Å². The SMILES string of the molecule is CCn1cc(-c2ccc(CN3C(=O)C4(CCN(C5CCCC5)C4)c4ccccc43)c(F)c2)c(C)n1. The number of nitrogens with zero attached hydrogens (tertiary/aromatic N) is 4. The molecule has 2 aromatic carbocycles. The van der Waals surface area contributed by atoms with Gasteiger partial charge < -0.3 is 4.90 Å². The molecular formula is C29H33FN4O. The molecule has 1 saturated heterocycles. The lowest BCUT2D eigenvalue weighted by molar-refractivity contribution is -0.123. The first-order chi connectivity index (χ1) is 17.0. The summed E-state index contributed by atoms with van der Waals surface area (Å²) in [6, 6.07) is 14.1. The first-order valence-corrected chi connectivity index (χ1v) is 13.0. The standard InChI is InChI=1S/C29H33FN4O/c1-3-33-18-24(20(2)31-33)21-12-13-22(26(30)16-21)17-34-27-11-7-6-10-25(27)29(28(34)35)14-15-32(19-29)23-8-4-5-9-23/h6-7,10-13,16,18,23H,3-5,8-9,14-15,17,19H2,1-2H3. The minimum atomic E-state index is -0.499. The van der Waals surface area contributed by atoms with Crippen LogP contribution in [0.5, 0.6) is 0 Å². The number of halogens is 1. The van der Waals surface area contributed by atoms with Gasteiger partial charge in [-0.05, 0) is 62.9 Å². The number of amides is 1. The summed E-state index contributed by atoms with van der Waals surface area (Å²) >= 11 is 0. The number of aromatic nitrogens is 2. The minimum absolute atomic E-state index is 0.128. The first-order valence-electron chi connectivity index (χ1n) is 13.0.